The van der Waals surface area contributed by atoms with Gasteiger partial charge in [-0.3, -0.25) is 0 Å². The minimum absolute atomic E-state index is 0.0569. The van der Waals surface area contributed by atoms with Crippen LogP contribution in [0.2, 0.25) is 20.1 Å². The summed E-state index contributed by atoms with van der Waals surface area (Å²) in [6, 6.07) is 83.1. The van der Waals surface area contributed by atoms with Crippen molar-refractivity contribution in [1.82, 2.24) is 0 Å². The van der Waals surface area contributed by atoms with Gasteiger partial charge in [-0.25, -0.2) is 0 Å². The summed E-state index contributed by atoms with van der Waals surface area (Å²) in [6.07, 6.45) is 0. The number of aryl methyl sites for hydroxylation is 8. The Balaban J connectivity index is 1.13. The van der Waals surface area contributed by atoms with Crippen LogP contribution in [0.4, 0.5) is 85.3 Å². The maximum absolute atomic E-state index is 8.51. The average molecular weight is 1490 g/mol. The van der Waals surface area contributed by atoms with Gasteiger partial charge in [-0.1, -0.05) is 0 Å². The molecule has 0 amide bonds. The molecule has 458 valence electrons. The first kappa shape index (κ1) is 59.1. The molecule has 8 nitrogen and oxygen atoms in total. The molecule has 0 saturated carbocycles. The van der Waals surface area contributed by atoms with Gasteiger partial charge in [0.2, 0.25) is 0 Å². The summed E-state index contributed by atoms with van der Waals surface area (Å²) in [5, 5.41) is 0.294. The molecule has 16 rings (SSSR count). The fraction of sp³-hybridized carbons (Fsp3) is 0.100. The summed E-state index contributed by atoms with van der Waals surface area (Å²) in [5.41, 5.74) is 22.3. The zero-order valence-electron chi connectivity index (χ0n) is 52.4. The number of benzene rings is 12. The van der Waals surface area contributed by atoms with Gasteiger partial charge in [-0.05, 0) is 0 Å². The molecule has 13 heteroatoms. The molecular formula is C80H62BiCl4N5O3. The van der Waals surface area contributed by atoms with Gasteiger partial charge in [0.15, 0.2) is 0 Å². The molecule has 4 aliphatic rings. The van der Waals surface area contributed by atoms with Crippen LogP contribution in [0.15, 0.2) is 231 Å². The topological polar surface area (TPSA) is 43.9 Å². The summed E-state index contributed by atoms with van der Waals surface area (Å²) < 4.78 is 27.4. The molecule has 0 unspecified atom stereocenters. The van der Waals surface area contributed by atoms with Crippen molar-refractivity contribution in [2.75, 3.05) is 24.5 Å². The molecule has 0 radical (unpaired) electrons. The van der Waals surface area contributed by atoms with E-state index in [1.807, 2.05) is 0 Å². The van der Waals surface area contributed by atoms with Crippen LogP contribution < -0.4 is 44.7 Å². The molecule has 93 heavy (non-hydrogen) atoms. The predicted molar refractivity (Wildman–Crippen MR) is 390 cm³/mol. The maximum atomic E-state index is 8.51. The Labute approximate surface area is 564 Å². The normalized spacial score (nSPS) is 14.3. The van der Waals surface area contributed by atoms with Crippen molar-refractivity contribution in [1.29, 1.82) is 0 Å². The Morgan fingerprint density at radius 3 is 0.753 bits per heavy atom. The van der Waals surface area contributed by atoms with Crippen LogP contribution in [0.3, 0.4) is 0 Å². The van der Waals surface area contributed by atoms with Gasteiger partial charge in [0, 0.05) is 0 Å². The molecular weight excluding hydrogens is 1430 g/mol. The van der Waals surface area contributed by atoms with E-state index in [9.17, 15) is 0 Å². The summed E-state index contributed by atoms with van der Waals surface area (Å²) in [7, 11) is 0. The van der Waals surface area contributed by atoms with E-state index in [0.29, 0.717) is 11.5 Å². The van der Waals surface area contributed by atoms with Crippen molar-refractivity contribution >= 4 is 161 Å². The SMILES string of the molecule is Cc1ccc(N(c2ccc(C)cc2)c2cc3[c]4c(c2)N(c2ccc(C)cc2)c2cc(N(c5ccc(C)cc5)c5ccc(C)cc5)cc5[c]2[Bi]42([O]c4c(Cl)c(Cl)c(Cl)c(Cl)c4[O]2)[c]2c(cc(N(c4ccc(C)cc4)c4ccc(C)cc4)cc2N5c2ccc(C)cc2)O3)cc1. The second kappa shape index (κ2) is 22.1. The molecule has 0 aliphatic carbocycles. The minimum atomic E-state index is -7.06. The Morgan fingerprint density at radius 2 is 0.495 bits per heavy atom. The van der Waals surface area contributed by atoms with Crippen LogP contribution in [0.1, 0.15) is 44.5 Å². The first-order valence-electron chi connectivity index (χ1n) is 31.0. The van der Waals surface area contributed by atoms with Gasteiger partial charge in [0.05, 0.1) is 0 Å². The van der Waals surface area contributed by atoms with Crippen LogP contribution in [0, 0.1) is 55.4 Å². The fourth-order valence-corrected chi connectivity index (χ4v) is 37.0. The van der Waals surface area contributed by atoms with E-state index in [1.54, 1.807) is 0 Å². The number of hydrogen-bond donors (Lipinski definition) is 0. The number of rotatable bonds is 11. The van der Waals surface area contributed by atoms with Gasteiger partial charge in [0.25, 0.3) is 0 Å². The van der Waals surface area contributed by atoms with Crippen molar-refractivity contribution in [2.45, 2.75) is 55.4 Å². The predicted octanol–water partition coefficient (Wildman–Crippen LogP) is 22.7. The monoisotopic (exact) mass is 1490 g/mol. The quantitative estimate of drug-likeness (QED) is 0.0721. The molecule has 0 fully saturated rings. The molecule has 4 heterocycles. The fourth-order valence-electron chi connectivity index (χ4n) is 13.8. The first-order valence-corrected chi connectivity index (χ1v) is 40.6. The van der Waals surface area contributed by atoms with Gasteiger partial charge in [-0.2, -0.15) is 0 Å². The molecule has 12 aromatic rings. The van der Waals surface area contributed by atoms with E-state index in [-0.39, 0.29) is 31.6 Å². The number of halogens is 4. The zero-order chi connectivity index (χ0) is 64.0. The van der Waals surface area contributed by atoms with Crippen LogP contribution in [-0.4, -0.2) is 19.7 Å². The first-order chi connectivity index (χ1) is 44.9. The standard InChI is InChI=1S/C74H62N5O.C6H2Cl4O2.Bi/c1-50-9-25-58(26-10-50)75(59-27-11-51(2)12-28-59)66-41-67-43-68(42-66)79(65-39-23-57(8)24-40-65)72-45-70(77(62-33-17-54(5)18-34-62)63-35-19-55(6)20-36-63)47-74(49-72)80-73-46-69(44-71(48-73)78(67)64-37-21-56(7)22-38-64)76(60-29-13-52(3)14-30-60)61-31-15-53(4)16-32-61;7-1-2(8)4(10)6(12)5(11)3(1)9;/h9-42,44-47H,1-8H3;11-12H;/q;;+2/p-2. The van der Waals surface area contributed by atoms with Crippen LogP contribution in [0.5, 0.6) is 23.0 Å². The third-order valence-corrected chi connectivity index (χ3v) is 39.0. The van der Waals surface area contributed by atoms with Crippen LogP contribution in [0.25, 0.3) is 0 Å². The van der Waals surface area contributed by atoms with E-state index < -0.39 is 19.7 Å². The van der Waals surface area contributed by atoms with E-state index in [1.165, 1.54) is 0 Å². The summed E-state index contributed by atoms with van der Waals surface area (Å²) >= 11 is 22.8. The van der Waals surface area contributed by atoms with Gasteiger partial charge in [0.1, 0.15) is 0 Å². The number of hydrogen-bond acceptors (Lipinski definition) is 8. The molecule has 0 saturated heterocycles. The van der Waals surface area contributed by atoms with Crippen molar-refractivity contribution in [3.05, 3.63) is 295 Å². The van der Waals surface area contributed by atoms with E-state index in [4.69, 9.17) is 56.8 Å². The molecule has 0 atom stereocenters. The second-order valence-electron chi connectivity index (χ2n) is 25.0. The summed E-state index contributed by atoms with van der Waals surface area (Å²) in [6.45, 7) is 16.9. The van der Waals surface area contributed by atoms with E-state index >= 15 is 0 Å². The summed E-state index contributed by atoms with van der Waals surface area (Å²) in [5.74, 6) is 1.49. The average Bonchev–Trinajstić information content (AvgIpc) is 1.62. The molecule has 1 spiro atoms. The summed E-state index contributed by atoms with van der Waals surface area (Å²) in [4.78, 5) is 11.7. The second-order valence-corrected chi connectivity index (χ2v) is 40.6. The van der Waals surface area contributed by atoms with Gasteiger partial charge in [-0.15, -0.1) is 0 Å². The third-order valence-electron chi connectivity index (χ3n) is 18.4. The van der Waals surface area contributed by atoms with Crippen LogP contribution >= 0.6 is 46.4 Å². The van der Waals surface area contributed by atoms with Crippen molar-refractivity contribution < 1.29 is 10.4 Å². The number of nitrogens with zero attached hydrogens (tertiary/aromatic N) is 5. The van der Waals surface area contributed by atoms with Crippen molar-refractivity contribution in [2.24, 2.45) is 0 Å². The number of ether oxygens (including phenoxy) is 1. The van der Waals surface area contributed by atoms with E-state index in [2.05, 4.69) is 310 Å². The number of fused-ring (bicyclic) bond motifs is 1. The molecule has 0 aromatic heterocycles. The van der Waals surface area contributed by atoms with Crippen molar-refractivity contribution in [3.63, 3.8) is 0 Å². The Morgan fingerprint density at radius 1 is 0.269 bits per heavy atom. The van der Waals surface area contributed by atoms with Crippen molar-refractivity contribution in [3.8, 4) is 23.0 Å². The third kappa shape index (κ3) is 9.24. The number of anilines is 15. The molecule has 12 aromatic carbocycles. The van der Waals surface area contributed by atoms with Crippen LogP contribution in [-0.2, 0) is 0 Å². The Bertz CT molecular complexity index is 4630. The zero-order valence-corrected chi connectivity index (χ0v) is 58.9. The Hall–Kier alpha value is -8.92. The Kier molecular flexibility index (Phi) is 14.1. The molecule has 0 bridgehead atoms. The van der Waals surface area contributed by atoms with E-state index in [0.717, 1.165) is 140 Å². The van der Waals surface area contributed by atoms with Gasteiger partial charge >= 0.3 is 570 Å². The van der Waals surface area contributed by atoms with Gasteiger partial charge < -0.3 is 0 Å². The molecule has 4 aliphatic heterocycles. The molecule has 0 N–H and O–H groups in total.